The van der Waals surface area contributed by atoms with Gasteiger partial charge in [-0.2, -0.15) is 0 Å². The molecule has 4 nitrogen and oxygen atoms in total. The number of hydrogen-bond donors (Lipinski definition) is 1. The molecule has 0 atom stereocenters. The van der Waals surface area contributed by atoms with E-state index in [-0.39, 0.29) is 0 Å². The molecule has 0 aliphatic carbocycles. The number of piperidine rings is 1. The summed E-state index contributed by atoms with van der Waals surface area (Å²) < 4.78 is 0. The van der Waals surface area contributed by atoms with Gasteiger partial charge in [0.15, 0.2) is 0 Å². The van der Waals surface area contributed by atoms with Gasteiger partial charge in [0.2, 0.25) is 0 Å². The van der Waals surface area contributed by atoms with Crippen LogP contribution in [0.25, 0.3) is 5.57 Å². The average Bonchev–Trinajstić information content (AvgIpc) is 2.79. The van der Waals surface area contributed by atoms with Gasteiger partial charge in [0.1, 0.15) is 5.82 Å². The summed E-state index contributed by atoms with van der Waals surface area (Å²) in [5.41, 5.74) is 3.30. The van der Waals surface area contributed by atoms with Gasteiger partial charge >= 0.3 is 0 Å². The van der Waals surface area contributed by atoms with E-state index in [1.807, 2.05) is 37.3 Å². The summed E-state index contributed by atoms with van der Waals surface area (Å²) >= 11 is 0. The summed E-state index contributed by atoms with van der Waals surface area (Å²) in [6.07, 6.45) is 12.8. The lowest BCUT2D eigenvalue weighted by atomic mass is 9.92. The Labute approximate surface area is 181 Å². The zero-order chi connectivity index (χ0) is 21.0. The van der Waals surface area contributed by atoms with Crippen molar-refractivity contribution >= 4 is 11.4 Å². The van der Waals surface area contributed by atoms with Gasteiger partial charge in [-0.1, -0.05) is 61.2 Å². The van der Waals surface area contributed by atoms with E-state index >= 15 is 0 Å². The van der Waals surface area contributed by atoms with Crippen LogP contribution < -0.4 is 5.32 Å². The molecule has 2 aromatic rings. The fraction of sp³-hybridized carbons (Fsp3) is 0.385. The maximum absolute atomic E-state index is 4.34. The van der Waals surface area contributed by atoms with Gasteiger partial charge in [-0.25, -0.2) is 0 Å². The number of hydrogen-bond acceptors (Lipinski definition) is 4. The lowest BCUT2D eigenvalue weighted by Crippen LogP contribution is -2.33. The van der Waals surface area contributed by atoms with Gasteiger partial charge in [0.05, 0.1) is 5.69 Å². The van der Waals surface area contributed by atoms with Crippen molar-refractivity contribution in [3.63, 3.8) is 0 Å². The first-order valence-corrected chi connectivity index (χ1v) is 11.1. The first-order chi connectivity index (χ1) is 14.8. The molecule has 0 unspecified atom stereocenters. The Morgan fingerprint density at radius 1 is 1.13 bits per heavy atom. The lowest BCUT2D eigenvalue weighted by Gasteiger charge is -2.32. The molecule has 0 saturated carbocycles. The molecule has 30 heavy (non-hydrogen) atoms. The van der Waals surface area contributed by atoms with E-state index in [0.29, 0.717) is 0 Å². The minimum Gasteiger partial charge on any atom is -0.369 e. The van der Waals surface area contributed by atoms with E-state index in [1.54, 1.807) is 6.08 Å². The SMILES string of the molecule is C=C/C=C(\C=C/C)c1ccc(NCCCC2CCN(Cc3ccccc3)CC2)nn1. The molecule has 4 heteroatoms. The van der Waals surface area contributed by atoms with Crippen molar-refractivity contribution in [3.05, 3.63) is 84.6 Å². The largest absolute Gasteiger partial charge is 0.369 e. The van der Waals surface area contributed by atoms with Crippen molar-refractivity contribution in [2.45, 2.75) is 39.2 Å². The molecule has 1 aromatic heterocycles. The summed E-state index contributed by atoms with van der Waals surface area (Å²) in [6.45, 7) is 10.2. The van der Waals surface area contributed by atoms with Crippen LogP contribution in [0.4, 0.5) is 5.82 Å². The molecule has 1 fully saturated rings. The molecule has 2 heterocycles. The predicted molar refractivity (Wildman–Crippen MR) is 127 cm³/mol. The van der Waals surface area contributed by atoms with Gasteiger partial charge in [0.25, 0.3) is 0 Å². The predicted octanol–water partition coefficient (Wildman–Crippen LogP) is 5.73. The molecule has 158 valence electrons. The van der Waals surface area contributed by atoms with E-state index in [9.17, 15) is 0 Å². The average molecular weight is 403 g/mol. The van der Waals surface area contributed by atoms with E-state index < -0.39 is 0 Å². The van der Waals surface area contributed by atoms with Crippen molar-refractivity contribution in [2.24, 2.45) is 5.92 Å². The van der Waals surface area contributed by atoms with Crippen LogP contribution in [0, 0.1) is 5.92 Å². The fourth-order valence-corrected chi connectivity index (χ4v) is 4.00. The van der Waals surface area contributed by atoms with Crippen LogP contribution in [-0.4, -0.2) is 34.7 Å². The van der Waals surface area contributed by atoms with Gasteiger partial charge in [0, 0.05) is 18.7 Å². The van der Waals surface area contributed by atoms with Crippen molar-refractivity contribution in [3.8, 4) is 0 Å². The van der Waals surface area contributed by atoms with E-state index in [2.05, 4.69) is 57.3 Å². The zero-order valence-electron chi connectivity index (χ0n) is 18.1. The quantitative estimate of drug-likeness (QED) is 0.407. The van der Waals surface area contributed by atoms with Crippen molar-refractivity contribution in [2.75, 3.05) is 25.0 Å². The van der Waals surface area contributed by atoms with Crippen molar-refractivity contribution < 1.29 is 0 Å². The minimum absolute atomic E-state index is 0.842. The first-order valence-electron chi connectivity index (χ1n) is 11.1. The summed E-state index contributed by atoms with van der Waals surface area (Å²) in [6, 6.07) is 14.8. The molecule has 0 spiro atoms. The highest BCUT2D eigenvalue weighted by molar-refractivity contribution is 5.72. The minimum atomic E-state index is 0.842. The highest BCUT2D eigenvalue weighted by atomic mass is 15.2. The number of allylic oxidation sites excluding steroid dienone is 5. The van der Waals surface area contributed by atoms with E-state index in [1.165, 1.54) is 44.3 Å². The number of likely N-dealkylation sites (tertiary alicyclic amines) is 1. The smallest absolute Gasteiger partial charge is 0.148 e. The number of nitrogens with zero attached hydrogens (tertiary/aromatic N) is 3. The molecule has 1 N–H and O–H groups in total. The maximum Gasteiger partial charge on any atom is 0.148 e. The number of rotatable bonds is 10. The normalized spacial score (nSPS) is 16.1. The van der Waals surface area contributed by atoms with Crippen LogP contribution >= 0.6 is 0 Å². The molecular weight excluding hydrogens is 368 g/mol. The Balaban J connectivity index is 1.34. The summed E-state index contributed by atoms with van der Waals surface area (Å²) in [4.78, 5) is 2.59. The Kier molecular flexibility index (Phi) is 8.85. The summed E-state index contributed by atoms with van der Waals surface area (Å²) in [5.74, 6) is 1.69. The van der Waals surface area contributed by atoms with Gasteiger partial charge in [-0.15, -0.1) is 10.2 Å². The van der Waals surface area contributed by atoms with Crippen molar-refractivity contribution in [1.82, 2.24) is 15.1 Å². The summed E-state index contributed by atoms with van der Waals surface area (Å²) in [5, 5.41) is 12.1. The molecule has 1 aromatic carbocycles. The molecule has 1 aliphatic rings. The highest BCUT2D eigenvalue weighted by Crippen LogP contribution is 2.23. The Morgan fingerprint density at radius 2 is 1.93 bits per heavy atom. The second-order valence-corrected chi connectivity index (χ2v) is 7.94. The third kappa shape index (κ3) is 6.96. The molecule has 0 amide bonds. The topological polar surface area (TPSA) is 41.0 Å². The molecule has 1 aliphatic heterocycles. The van der Waals surface area contributed by atoms with Crippen molar-refractivity contribution in [1.29, 1.82) is 0 Å². The highest BCUT2D eigenvalue weighted by Gasteiger charge is 2.18. The standard InChI is InChI=1S/C26H34N4/c1-3-9-24(10-4-2)25-14-15-26(29-28-25)27-18-8-13-22-16-19-30(20-17-22)21-23-11-6-5-7-12-23/h3-7,9-12,14-15,22H,1,8,13,16-21H2,2H3,(H,27,29)/b10-4-,24-9+. The third-order valence-corrected chi connectivity index (χ3v) is 5.66. The molecule has 0 bridgehead atoms. The third-order valence-electron chi connectivity index (χ3n) is 5.66. The Bertz CT molecular complexity index is 816. The van der Waals surface area contributed by atoms with E-state index in [4.69, 9.17) is 0 Å². The Morgan fingerprint density at radius 3 is 2.60 bits per heavy atom. The summed E-state index contributed by atoms with van der Waals surface area (Å²) in [7, 11) is 0. The molecule has 3 rings (SSSR count). The maximum atomic E-state index is 4.34. The Hall–Kier alpha value is -2.72. The number of nitrogens with one attached hydrogen (secondary N) is 1. The van der Waals surface area contributed by atoms with Gasteiger partial charge < -0.3 is 5.32 Å². The number of benzene rings is 1. The van der Waals surface area contributed by atoms with E-state index in [0.717, 1.165) is 36.1 Å². The monoisotopic (exact) mass is 402 g/mol. The van der Waals surface area contributed by atoms with Crippen LogP contribution in [-0.2, 0) is 6.54 Å². The van der Waals surface area contributed by atoms with Crippen LogP contribution in [0.15, 0.2) is 73.3 Å². The molecular formula is C26H34N4. The second kappa shape index (κ2) is 12.1. The van der Waals surface area contributed by atoms with Crippen LogP contribution in [0.3, 0.4) is 0 Å². The van der Waals surface area contributed by atoms with Crippen LogP contribution in [0.1, 0.15) is 43.9 Å². The van der Waals surface area contributed by atoms with Gasteiger partial charge in [-0.3, -0.25) is 4.90 Å². The second-order valence-electron chi connectivity index (χ2n) is 7.94. The zero-order valence-corrected chi connectivity index (χ0v) is 18.1. The molecule has 1 saturated heterocycles. The van der Waals surface area contributed by atoms with Crippen LogP contribution in [0.2, 0.25) is 0 Å². The molecule has 0 radical (unpaired) electrons. The van der Waals surface area contributed by atoms with Crippen LogP contribution in [0.5, 0.6) is 0 Å². The lowest BCUT2D eigenvalue weighted by molar-refractivity contribution is 0.171. The fourth-order valence-electron chi connectivity index (χ4n) is 4.00. The first kappa shape index (κ1) is 22.0. The van der Waals surface area contributed by atoms with Gasteiger partial charge in [-0.05, 0) is 69.3 Å². The number of anilines is 1. The number of aromatic nitrogens is 2.